The first-order valence-electron chi connectivity index (χ1n) is 15.6. The summed E-state index contributed by atoms with van der Waals surface area (Å²) in [5, 5.41) is 0. The third-order valence-electron chi connectivity index (χ3n) is 7.38. The standard InChI is InChI=1S/C30H62O4S/c1-3-5-7-9-11-12-13-14-15-16-17-18-19-20-22-24-26-28-30(29-34-35(31,32)33)27-25-23-21-10-8-6-4-2/h30H,3-29H2,1-2H3,(H,31,32,33). The van der Waals surface area contributed by atoms with E-state index in [1.165, 1.54) is 141 Å². The van der Waals surface area contributed by atoms with Gasteiger partial charge in [0, 0.05) is 0 Å². The van der Waals surface area contributed by atoms with E-state index in [1.54, 1.807) is 0 Å². The molecule has 0 aromatic carbocycles. The lowest BCUT2D eigenvalue weighted by molar-refractivity contribution is 0.204. The first kappa shape index (κ1) is 34.9. The lowest BCUT2D eigenvalue weighted by Crippen LogP contribution is -2.14. The minimum Gasteiger partial charge on any atom is -0.264 e. The predicted octanol–water partition coefficient (Wildman–Crippen LogP) is 10.6. The van der Waals surface area contributed by atoms with E-state index in [4.69, 9.17) is 8.74 Å². The molecule has 0 aliphatic carbocycles. The van der Waals surface area contributed by atoms with Gasteiger partial charge in [0.25, 0.3) is 0 Å². The van der Waals surface area contributed by atoms with Crippen LogP contribution in [-0.4, -0.2) is 19.6 Å². The normalized spacial score (nSPS) is 12.9. The first-order valence-corrected chi connectivity index (χ1v) is 17.0. The van der Waals surface area contributed by atoms with Gasteiger partial charge in [-0.3, -0.25) is 4.55 Å². The highest BCUT2D eigenvalue weighted by molar-refractivity contribution is 7.80. The summed E-state index contributed by atoms with van der Waals surface area (Å²) >= 11 is 0. The molecule has 0 aliphatic heterocycles. The molecule has 0 aromatic rings. The molecule has 0 bridgehead atoms. The van der Waals surface area contributed by atoms with Crippen molar-refractivity contribution in [3.8, 4) is 0 Å². The second-order valence-corrected chi connectivity index (χ2v) is 12.0. The highest BCUT2D eigenvalue weighted by Gasteiger charge is 2.13. The summed E-state index contributed by atoms with van der Waals surface area (Å²) in [6.07, 6.45) is 34.1. The second kappa shape index (κ2) is 26.9. The fourth-order valence-corrected chi connectivity index (χ4v) is 5.41. The van der Waals surface area contributed by atoms with E-state index in [2.05, 4.69) is 13.8 Å². The molecule has 0 rings (SSSR count). The zero-order valence-corrected chi connectivity index (χ0v) is 24.6. The van der Waals surface area contributed by atoms with Crippen molar-refractivity contribution in [3.63, 3.8) is 0 Å². The molecule has 0 radical (unpaired) electrons. The monoisotopic (exact) mass is 518 g/mol. The van der Waals surface area contributed by atoms with E-state index < -0.39 is 10.4 Å². The summed E-state index contributed by atoms with van der Waals surface area (Å²) < 4.78 is 35.6. The molecule has 0 aliphatic rings. The van der Waals surface area contributed by atoms with Gasteiger partial charge >= 0.3 is 10.4 Å². The van der Waals surface area contributed by atoms with Crippen LogP contribution >= 0.6 is 0 Å². The third-order valence-corrected chi connectivity index (χ3v) is 7.82. The lowest BCUT2D eigenvalue weighted by atomic mass is 9.94. The van der Waals surface area contributed by atoms with Gasteiger partial charge in [-0.15, -0.1) is 0 Å². The van der Waals surface area contributed by atoms with E-state index >= 15 is 0 Å². The Morgan fingerprint density at radius 3 is 1.00 bits per heavy atom. The Kier molecular flexibility index (Phi) is 26.8. The van der Waals surface area contributed by atoms with E-state index in [1.807, 2.05) is 0 Å². The minimum atomic E-state index is -4.33. The molecule has 0 amide bonds. The molecule has 0 saturated carbocycles. The molecule has 1 atom stereocenters. The fraction of sp³-hybridized carbons (Fsp3) is 1.00. The first-order chi connectivity index (χ1) is 17.0. The summed E-state index contributed by atoms with van der Waals surface area (Å²) in [4.78, 5) is 0. The summed E-state index contributed by atoms with van der Waals surface area (Å²) in [7, 11) is -4.33. The Labute approximate surface area is 220 Å². The summed E-state index contributed by atoms with van der Waals surface area (Å²) in [5.41, 5.74) is 0. The molecule has 0 aromatic heterocycles. The van der Waals surface area contributed by atoms with Crippen LogP contribution in [0.1, 0.15) is 181 Å². The average molecular weight is 519 g/mol. The van der Waals surface area contributed by atoms with Gasteiger partial charge in [0.2, 0.25) is 0 Å². The van der Waals surface area contributed by atoms with Crippen molar-refractivity contribution in [2.24, 2.45) is 5.92 Å². The molecule has 1 N–H and O–H groups in total. The maximum atomic E-state index is 11.0. The zero-order valence-electron chi connectivity index (χ0n) is 23.7. The van der Waals surface area contributed by atoms with Crippen molar-refractivity contribution >= 4 is 10.4 Å². The molecular formula is C30H62O4S. The van der Waals surface area contributed by atoms with Crippen molar-refractivity contribution in [2.45, 2.75) is 181 Å². The van der Waals surface area contributed by atoms with Gasteiger partial charge < -0.3 is 0 Å². The average Bonchev–Trinajstić information content (AvgIpc) is 2.82. The summed E-state index contributed by atoms with van der Waals surface area (Å²) in [5.74, 6) is 0.240. The van der Waals surface area contributed by atoms with Crippen LogP contribution in [0.25, 0.3) is 0 Å². The lowest BCUT2D eigenvalue weighted by Gasteiger charge is -2.16. The summed E-state index contributed by atoms with van der Waals surface area (Å²) in [6, 6.07) is 0. The van der Waals surface area contributed by atoms with Crippen LogP contribution in [0.15, 0.2) is 0 Å². The Hall–Kier alpha value is -0.130. The SMILES string of the molecule is CCCCCCCCCCCCCCCCCCCC(CCCCCCCCC)COS(=O)(=O)O. The smallest absolute Gasteiger partial charge is 0.264 e. The molecule has 0 fully saturated rings. The highest BCUT2D eigenvalue weighted by atomic mass is 32.3. The maximum absolute atomic E-state index is 11.0. The molecule has 4 nitrogen and oxygen atoms in total. The number of unbranched alkanes of at least 4 members (excludes halogenated alkanes) is 22. The van der Waals surface area contributed by atoms with Gasteiger partial charge in [0.1, 0.15) is 0 Å². The zero-order chi connectivity index (χ0) is 25.9. The summed E-state index contributed by atoms with van der Waals surface area (Å²) in [6.45, 7) is 4.65. The van der Waals surface area contributed by atoms with Gasteiger partial charge in [-0.25, -0.2) is 4.18 Å². The van der Waals surface area contributed by atoms with E-state index in [0.29, 0.717) is 0 Å². The van der Waals surface area contributed by atoms with Gasteiger partial charge in [0.15, 0.2) is 0 Å². The van der Waals surface area contributed by atoms with Gasteiger partial charge in [-0.05, 0) is 18.8 Å². The fourth-order valence-electron chi connectivity index (χ4n) is 5.04. The van der Waals surface area contributed by atoms with E-state index in [9.17, 15) is 8.42 Å². The van der Waals surface area contributed by atoms with Gasteiger partial charge in [-0.2, -0.15) is 8.42 Å². The molecule has 0 heterocycles. The Bertz CT molecular complexity index is 506. The van der Waals surface area contributed by atoms with Crippen molar-refractivity contribution in [1.82, 2.24) is 0 Å². The van der Waals surface area contributed by atoms with Crippen LogP contribution in [0.4, 0.5) is 0 Å². The number of rotatable bonds is 29. The van der Waals surface area contributed by atoms with Crippen LogP contribution in [0.5, 0.6) is 0 Å². The van der Waals surface area contributed by atoms with E-state index in [-0.39, 0.29) is 12.5 Å². The van der Waals surface area contributed by atoms with Crippen LogP contribution < -0.4 is 0 Å². The maximum Gasteiger partial charge on any atom is 0.397 e. The molecule has 1 unspecified atom stereocenters. The Morgan fingerprint density at radius 2 is 0.743 bits per heavy atom. The second-order valence-electron chi connectivity index (χ2n) is 10.9. The van der Waals surface area contributed by atoms with E-state index in [0.717, 1.165) is 25.7 Å². The predicted molar refractivity (Wildman–Crippen MR) is 152 cm³/mol. The minimum absolute atomic E-state index is 0.132. The van der Waals surface area contributed by atoms with Gasteiger partial charge in [0.05, 0.1) is 6.61 Å². The van der Waals surface area contributed by atoms with Crippen molar-refractivity contribution in [3.05, 3.63) is 0 Å². The highest BCUT2D eigenvalue weighted by Crippen LogP contribution is 2.21. The Morgan fingerprint density at radius 1 is 0.486 bits per heavy atom. The van der Waals surface area contributed by atoms with Crippen LogP contribution in [-0.2, 0) is 14.6 Å². The molecule has 212 valence electrons. The molecular weight excluding hydrogens is 456 g/mol. The van der Waals surface area contributed by atoms with Crippen molar-refractivity contribution < 1.29 is 17.2 Å². The molecule has 5 heteroatoms. The number of hydrogen-bond donors (Lipinski definition) is 1. The van der Waals surface area contributed by atoms with Crippen LogP contribution in [0, 0.1) is 5.92 Å². The Balaban J connectivity index is 3.61. The van der Waals surface area contributed by atoms with Crippen molar-refractivity contribution in [2.75, 3.05) is 6.61 Å². The number of hydrogen-bond acceptors (Lipinski definition) is 3. The molecule has 35 heavy (non-hydrogen) atoms. The van der Waals surface area contributed by atoms with Crippen LogP contribution in [0.2, 0.25) is 0 Å². The quantitative estimate of drug-likeness (QED) is 0.0790. The van der Waals surface area contributed by atoms with Crippen LogP contribution in [0.3, 0.4) is 0 Å². The largest absolute Gasteiger partial charge is 0.397 e. The molecule has 0 spiro atoms. The topological polar surface area (TPSA) is 63.6 Å². The molecule has 0 saturated heterocycles. The third kappa shape index (κ3) is 30.0. The van der Waals surface area contributed by atoms with Gasteiger partial charge in [-0.1, -0.05) is 168 Å². The van der Waals surface area contributed by atoms with Crippen molar-refractivity contribution in [1.29, 1.82) is 0 Å².